The molecule has 0 amide bonds. The van der Waals surface area contributed by atoms with Crippen molar-refractivity contribution >= 4 is 40.8 Å². The number of hydrogen-bond acceptors (Lipinski definition) is 4. The Labute approximate surface area is 145 Å². The Morgan fingerprint density at radius 2 is 1.91 bits per heavy atom. The Balaban J connectivity index is 1.94. The third kappa shape index (κ3) is 5.12. The molecule has 2 N–H and O–H groups in total. The summed E-state index contributed by atoms with van der Waals surface area (Å²) in [4.78, 5) is 0. The summed E-state index contributed by atoms with van der Waals surface area (Å²) in [5.41, 5.74) is 4.38. The second-order valence-corrected chi connectivity index (χ2v) is 5.29. The Bertz CT molecular complexity index is 722. The summed E-state index contributed by atoms with van der Waals surface area (Å²) < 4.78 is 10.4. The number of nitrogens with one attached hydrogen (secondary N) is 2. The van der Waals surface area contributed by atoms with Crippen molar-refractivity contribution in [1.82, 2.24) is 5.43 Å². The van der Waals surface area contributed by atoms with E-state index in [1.807, 2.05) is 18.2 Å². The number of nitrogens with zero attached hydrogens (tertiary/aromatic N) is 1. The molecule has 0 heterocycles. The van der Waals surface area contributed by atoms with E-state index in [4.69, 9.17) is 33.3 Å². The van der Waals surface area contributed by atoms with Gasteiger partial charge in [-0.15, -0.1) is 0 Å². The van der Waals surface area contributed by atoms with E-state index in [2.05, 4.69) is 15.8 Å². The van der Waals surface area contributed by atoms with Crippen molar-refractivity contribution in [2.24, 2.45) is 5.10 Å². The second kappa shape index (κ2) is 8.36. The maximum Gasteiger partial charge on any atom is 0.191 e. The first-order valence-corrected chi connectivity index (χ1v) is 7.48. The van der Waals surface area contributed by atoms with E-state index in [1.165, 1.54) is 0 Å². The van der Waals surface area contributed by atoms with Crippen molar-refractivity contribution in [2.45, 2.75) is 0 Å². The fourth-order valence-electron chi connectivity index (χ4n) is 1.83. The number of rotatable bonds is 5. The Morgan fingerprint density at radius 1 is 1.13 bits per heavy atom. The molecule has 0 saturated carbocycles. The van der Waals surface area contributed by atoms with Crippen LogP contribution in [0, 0.1) is 0 Å². The van der Waals surface area contributed by atoms with Crippen LogP contribution >= 0.6 is 23.8 Å². The van der Waals surface area contributed by atoms with Crippen LogP contribution < -0.4 is 20.2 Å². The molecule has 120 valence electrons. The lowest BCUT2D eigenvalue weighted by atomic mass is 10.2. The molecule has 5 nitrogen and oxygen atoms in total. The number of ether oxygens (including phenoxy) is 2. The van der Waals surface area contributed by atoms with Crippen LogP contribution in [0.5, 0.6) is 11.5 Å². The number of anilines is 1. The summed E-state index contributed by atoms with van der Waals surface area (Å²) in [6.45, 7) is 0. The van der Waals surface area contributed by atoms with E-state index in [1.54, 1.807) is 44.7 Å². The van der Waals surface area contributed by atoms with E-state index < -0.39 is 0 Å². The van der Waals surface area contributed by atoms with Crippen molar-refractivity contribution in [1.29, 1.82) is 0 Å². The molecule has 0 bridgehead atoms. The zero-order valence-electron chi connectivity index (χ0n) is 12.7. The summed E-state index contributed by atoms with van der Waals surface area (Å²) in [5.74, 6) is 1.26. The van der Waals surface area contributed by atoms with Gasteiger partial charge in [0.2, 0.25) is 0 Å². The fourth-order valence-corrected chi connectivity index (χ4v) is 2.19. The Kier molecular flexibility index (Phi) is 6.19. The van der Waals surface area contributed by atoms with E-state index in [9.17, 15) is 0 Å². The van der Waals surface area contributed by atoms with E-state index in [0.717, 1.165) is 11.3 Å². The molecule has 0 aliphatic rings. The first-order valence-electron chi connectivity index (χ1n) is 6.70. The Hall–Kier alpha value is -2.31. The third-order valence-corrected chi connectivity index (χ3v) is 3.30. The molecular weight excluding hydrogens is 334 g/mol. The van der Waals surface area contributed by atoms with Gasteiger partial charge in [-0.1, -0.05) is 23.7 Å². The molecule has 2 aromatic rings. The van der Waals surface area contributed by atoms with Gasteiger partial charge < -0.3 is 14.8 Å². The van der Waals surface area contributed by atoms with Crippen LogP contribution in [0.25, 0.3) is 0 Å². The van der Waals surface area contributed by atoms with Gasteiger partial charge in [0.25, 0.3) is 0 Å². The van der Waals surface area contributed by atoms with Crippen LogP contribution in [0.1, 0.15) is 5.56 Å². The third-order valence-electron chi connectivity index (χ3n) is 2.87. The van der Waals surface area contributed by atoms with Gasteiger partial charge in [-0.05, 0) is 42.0 Å². The highest BCUT2D eigenvalue weighted by molar-refractivity contribution is 7.80. The molecule has 2 rings (SSSR count). The van der Waals surface area contributed by atoms with Crippen molar-refractivity contribution in [3.63, 3.8) is 0 Å². The van der Waals surface area contributed by atoms with Crippen LogP contribution in [0.2, 0.25) is 5.02 Å². The lowest BCUT2D eigenvalue weighted by molar-refractivity contribution is 0.355. The van der Waals surface area contributed by atoms with Gasteiger partial charge >= 0.3 is 0 Å². The summed E-state index contributed by atoms with van der Waals surface area (Å²) in [6.07, 6.45) is 1.63. The summed E-state index contributed by atoms with van der Waals surface area (Å²) in [7, 11) is 3.16. The molecule has 2 aromatic carbocycles. The van der Waals surface area contributed by atoms with Gasteiger partial charge in [0, 0.05) is 16.8 Å². The van der Waals surface area contributed by atoms with Crippen molar-refractivity contribution < 1.29 is 9.47 Å². The average Bonchev–Trinajstić information content (AvgIpc) is 2.54. The molecule has 0 aliphatic carbocycles. The molecule has 0 saturated heterocycles. The van der Waals surface area contributed by atoms with Crippen LogP contribution in [-0.2, 0) is 0 Å². The number of thiocarbonyl (C=S) groups is 1. The van der Waals surface area contributed by atoms with Crippen LogP contribution in [0.3, 0.4) is 0 Å². The van der Waals surface area contributed by atoms with Crippen LogP contribution in [0.15, 0.2) is 47.6 Å². The lowest BCUT2D eigenvalue weighted by Gasteiger charge is -2.11. The zero-order valence-corrected chi connectivity index (χ0v) is 14.2. The standard InChI is InChI=1S/C16H16ClN3O2S/c1-21-14-7-6-13(9-15(14)22-2)19-16(23)20-18-10-11-4-3-5-12(17)8-11/h3-10H,1-2H3,(H2,19,20,23)/b18-10-. The number of halogens is 1. The number of hydrogen-bond donors (Lipinski definition) is 2. The number of methoxy groups -OCH3 is 2. The van der Waals surface area contributed by atoms with Gasteiger partial charge in [-0.3, -0.25) is 5.43 Å². The largest absolute Gasteiger partial charge is 0.493 e. The molecular formula is C16H16ClN3O2S. The molecule has 0 radical (unpaired) electrons. The minimum absolute atomic E-state index is 0.357. The monoisotopic (exact) mass is 349 g/mol. The van der Waals surface area contributed by atoms with E-state index in [0.29, 0.717) is 21.6 Å². The van der Waals surface area contributed by atoms with Crippen molar-refractivity contribution in [2.75, 3.05) is 19.5 Å². The predicted octanol–water partition coefficient (Wildman–Crippen LogP) is 3.68. The topological polar surface area (TPSA) is 54.9 Å². The summed E-state index contributed by atoms with van der Waals surface area (Å²) in [6, 6.07) is 12.8. The number of benzene rings is 2. The minimum Gasteiger partial charge on any atom is -0.493 e. The molecule has 0 atom stereocenters. The second-order valence-electron chi connectivity index (χ2n) is 4.45. The van der Waals surface area contributed by atoms with Gasteiger partial charge in [-0.25, -0.2) is 0 Å². The molecule has 7 heteroatoms. The van der Waals surface area contributed by atoms with Crippen molar-refractivity contribution in [3.8, 4) is 11.5 Å². The summed E-state index contributed by atoms with van der Waals surface area (Å²) in [5, 5.41) is 8.08. The van der Waals surface area contributed by atoms with E-state index >= 15 is 0 Å². The highest BCUT2D eigenvalue weighted by atomic mass is 35.5. The minimum atomic E-state index is 0.357. The highest BCUT2D eigenvalue weighted by Gasteiger charge is 2.05. The van der Waals surface area contributed by atoms with Gasteiger partial charge in [0.1, 0.15) is 0 Å². The SMILES string of the molecule is COc1ccc(NC(=S)N/N=C\c2cccc(Cl)c2)cc1OC. The molecule has 0 aliphatic heterocycles. The first kappa shape index (κ1) is 17.1. The Morgan fingerprint density at radius 3 is 2.61 bits per heavy atom. The maximum atomic E-state index is 5.90. The number of hydrazone groups is 1. The van der Waals surface area contributed by atoms with E-state index in [-0.39, 0.29) is 0 Å². The molecule has 0 spiro atoms. The van der Waals surface area contributed by atoms with Gasteiger partial charge in [-0.2, -0.15) is 5.10 Å². The predicted molar refractivity (Wildman–Crippen MR) is 97.9 cm³/mol. The van der Waals surface area contributed by atoms with Crippen LogP contribution in [0.4, 0.5) is 5.69 Å². The van der Waals surface area contributed by atoms with Crippen molar-refractivity contribution in [3.05, 3.63) is 53.1 Å². The van der Waals surface area contributed by atoms with Crippen LogP contribution in [-0.4, -0.2) is 25.5 Å². The highest BCUT2D eigenvalue weighted by Crippen LogP contribution is 2.29. The quantitative estimate of drug-likeness (QED) is 0.490. The molecule has 0 aromatic heterocycles. The molecule has 23 heavy (non-hydrogen) atoms. The zero-order chi connectivity index (χ0) is 16.7. The molecule has 0 fully saturated rings. The smallest absolute Gasteiger partial charge is 0.191 e. The average molecular weight is 350 g/mol. The van der Waals surface area contributed by atoms with Gasteiger partial charge in [0.05, 0.1) is 20.4 Å². The lowest BCUT2D eigenvalue weighted by Crippen LogP contribution is -2.23. The first-order chi connectivity index (χ1) is 11.1. The normalized spacial score (nSPS) is 10.4. The fraction of sp³-hybridized carbons (Fsp3) is 0.125. The molecule has 0 unspecified atom stereocenters. The van der Waals surface area contributed by atoms with Gasteiger partial charge in [0.15, 0.2) is 16.6 Å². The maximum absolute atomic E-state index is 5.90. The summed E-state index contributed by atoms with van der Waals surface area (Å²) >= 11 is 11.1.